The van der Waals surface area contributed by atoms with Gasteiger partial charge in [-0.25, -0.2) is 0 Å². The zero-order chi connectivity index (χ0) is 15.4. The number of hydrogen-bond donors (Lipinski definition) is 0. The third-order valence-electron chi connectivity index (χ3n) is 4.93. The van der Waals surface area contributed by atoms with Gasteiger partial charge in [0.15, 0.2) is 0 Å². The first-order chi connectivity index (χ1) is 11.3. The summed E-state index contributed by atoms with van der Waals surface area (Å²) in [6.45, 7) is 2.21. The van der Waals surface area contributed by atoms with Crippen molar-refractivity contribution in [2.45, 2.75) is 6.92 Å². The van der Waals surface area contributed by atoms with Crippen molar-refractivity contribution in [3.05, 3.63) is 84.4 Å². The zero-order valence-electron chi connectivity index (χ0n) is 13.0. The van der Waals surface area contributed by atoms with E-state index >= 15 is 0 Å². The van der Waals surface area contributed by atoms with Crippen molar-refractivity contribution in [1.29, 1.82) is 0 Å². The van der Waals surface area contributed by atoms with Crippen molar-refractivity contribution < 1.29 is 0 Å². The van der Waals surface area contributed by atoms with Crippen molar-refractivity contribution in [3.63, 3.8) is 0 Å². The van der Waals surface area contributed by atoms with Gasteiger partial charge >= 0.3 is 0 Å². The van der Waals surface area contributed by atoms with Crippen LogP contribution in [0.1, 0.15) is 5.56 Å². The second kappa shape index (κ2) is 4.57. The molecule has 0 aliphatic heterocycles. The minimum absolute atomic E-state index is 1.30. The molecule has 0 bridgehead atoms. The Morgan fingerprint density at radius 1 is 0.435 bits per heavy atom. The summed E-state index contributed by atoms with van der Waals surface area (Å²) in [6, 6.07) is 28.8. The molecule has 0 radical (unpaired) electrons. The highest BCUT2D eigenvalue weighted by atomic mass is 14.1. The van der Waals surface area contributed by atoms with Crippen LogP contribution in [0.3, 0.4) is 0 Å². The number of hydrogen-bond acceptors (Lipinski definition) is 0. The number of fused-ring (bicyclic) bond motifs is 6. The van der Waals surface area contributed by atoms with Crippen molar-refractivity contribution in [3.8, 4) is 0 Å². The topological polar surface area (TPSA) is 0 Å². The van der Waals surface area contributed by atoms with E-state index in [-0.39, 0.29) is 0 Å². The second-order valence-corrected chi connectivity index (χ2v) is 6.32. The standard InChI is InChI=1S/C23H16/c1-15-12-17-7-3-5-9-20(17)23-13-18-11-10-16-6-2-4-8-19(16)22(18)14-21(15)23/h2-14H,1H3. The lowest BCUT2D eigenvalue weighted by atomic mass is 9.93. The molecule has 0 saturated carbocycles. The van der Waals surface area contributed by atoms with E-state index in [1.54, 1.807) is 0 Å². The summed E-state index contributed by atoms with van der Waals surface area (Å²) in [5.74, 6) is 0. The first-order valence-corrected chi connectivity index (χ1v) is 8.05. The van der Waals surface area contributed by atoms with Gasteiger partial charge in [-0.15, -0.1) is 0 Å². The lowest BCUT2D eigenvalue weighted by molar-refractivity contribution is 1.56. The lowest BCUT2D eigenvalue weighted by Crippen LogP contribution is -1.85. The minimum Gasteiger partial charge on any atom is -0.0616 e. The van der Waals surface area contributed by atoms with Gasteiger partial charge in [0.25, 0.3) is 0 Å². The molecule has 0 amide bonds. The lowest BCUT2D eigenvalue weighted by Gasteiger charge is -2.11. The van der Waals surface area contributed by atoms with Crippen LogP contribution in [0.5, 0.6) is 0 Å². The van der Waals surface area contributed by atoms with Crippen molar-refractivity contribution in [2.24, 2.45) is 0 Å². The van der Waals surface area contributed by atoms with Crippen LogP contribution in [-0.2, 0) is 0 Å². The average Bonchev–Trinajstić information content (AvgIpc) is 2.60. The Bertz CT molecular complexity index is 1210. The highest BCUT2D eigenvalue weighted by Crippen LogP contribution is 2.34. The average molecular weight is 292 g/mol. The summed E-state index contributed by atoms with van der Waals surface area (Å²) < 4.78 is 0. The number of benzene rings is 5. The van der Waals surface area contributed by atoms with E-state index in [0.717, 1.165) is 0 Å². The van der Waals surface area contributed by atoms with E-state index < -0.39 is 0 Å². The van der Waals surface area contributed by atoms with Gasteiger partial charge in [0, 0.05) is 0 Å². The highest BCUT2D eigenvalue weighted by molar-refractivity contribution is 6.18. The van der Waals surface area contributed by atoms with E-state index in [9.17, 15) is 0 Å². The van der Waals surface area contributed by atoms with Crippen LogP contribution in [0.4, 0.5) is 0 Å². The Kier molecular flexibility index (Phi) is 2.51. The summed E-state index contributed by atoms with van der Waals surface area (Å²) >= 11 is 0. The number of aryl methyl sites for hydroxylation is 1. The van der Waals surface area contributed by atoms with Crippen molar-refractivity contribution in [2.75, 3.05) is 0 Å². The smallest absolute Gasteiger partial charge is 0.00964 e. The molecule has 0 heterocycles. The summed E-state index contributed by atoms with van der Waals surface area (Å²) in [4.78, 5) is 0. The molecule has 0 spiro atoms. The summed E-state index contributed by atoms with van der Waals surface area (Å²) in [7, 11) is 0. The Morgan fingerprint density at radius 2 is 1.04 bits per heavy atom. The monoisotopic (exact) mass is 292 g/mol. The zero-order valence-corrected chi connectivity index (χ0v) is 13.0. The van der Waals surface area contributed by atoms with Crippen LogP contribution in [-0.4, -0.2) is 0 Å². The van der Waals surface area contributed by atoms with Crippen LogP contribution in [0.2, 0.25) is 0 Å². The van der Waals surface area contributed by atoms with E-state index in [1.165, 1.54) is 48.7 Å². The van der Waals surface area contributed by atoms with E-state index in [1.807, 2.05) is 0 Å². The van der Waals surface area contributed by atoms with Gasteiger partial charge in [-0.1, -0.05) is 66.7 Å². The van der Waals surface area contributed by atoms with Crippen molar-refractivity contribution in [1.82, 2.24) is 0 Å². The Labute approximate surface area is 135 Å². The molecule has 5 rings (SSSR count). The predicted molar refractivity (Wildman–Crippen MR) is 101 cm³/mol. The van der Waals surface area contributed by atoms with Crippen LogP contribution < -0.4 is 0 Å². The maximum atomic E-state index is 2.37. The van der Waals surface area contributed by atoms with E-state index in [4.69, 9.17) is 0 Å². The van der Waals surface area contributed by atoms with Crippen LogP contribution in [0.15, 0.2) is 78.9 Å². The molecule has 0 aliphatic rings. The fraction of sp³-hybridized carbons (Fsp3) is 0.0435. The number of rotatable bonds is 0. The maximum absolute atomic E-state index is 2.37. The molecule has 0 unspecified atom stereocenters. The molecule has 23 heavy (non-hydrogen) atoms. The van der Waals surface area contributed by atoms with Gasteiger partial charge in [0.05, 0.1) is 0 Å². The van der Waals surface area contributed by atoms with Crippen LogP contribution in [0, 0.1) is 6.92 Å². The third kappa shape index (κ3) is 1.78. The Hall–Kier alpha value is -2.86. The van der Waals surface area contributed by atoms with Gasteiger partial charge in [-0.3, -0.25) is 0 Å². The Morgan fingerprint density at radius 3 is 1.87 bits per heavy atom. The molecule has 0 atom stereocenters. The first kappa shape index (κ1) is 12.7. The second-order valence-electron chi connectivity index (χ2n) is 6.32. The Balaban J connectivity index is 2.05. The molecule has 0 heteroatoms. The molecule has 0 N–H and O–H groups in total. The van der Waals surface area contributed by atoms with Gasteiger partial charge in [-0.05, 0) is 67.7 Å². The molecule has 0 saturated heterocycles. The van der Waals surface area contributed by atoms with Gasteiger partial charge in [0.2, 0.25) is 0 Å². The summed E-state index contributed by atoms with van der Waals surface area (Å²) in [5, 5.41) is 10.6. The molecule has 0 nitrogen and oxygen atoms in total. The quantitative estimate of drug-likeness (QED) is 0.222. The third-order valence-corrected chi connectivity index (χ3v) is 4.93. The van der Waals surface area contributed by atoms with E-state index in [0.29, 0.717) is 0 Å². The van der Waals surface area contributed by atoms with Gasteiger partial charge in [0.1, 0.15) is 0 Å². The fourth-order valence-corrected chi connectivity index (χ4v) is 3.78. The fourth-order valence-electron chi connectivity index (χ4n) is 3.78. The molecule has 0 aliphatic carbocycles. The predicted octanol–water partition coefficient (Wildman–Crippen LogP) is 6.61. The molecule has 0 fully saturated rings. The molecular formula is C23H16. The van der Waals surface area contributed by atoms with Crippen LogP contribution in [0.25, 0.3) is 43.1 Å². The summed E-state index contributed by atoms with van der Waals surface area (Å²) in [6.07, 6.45) is 0. The SMILES string of the molecule is Cc1cc2ccccc2c2cc3ccc4ccccc4c3cc12. The van der Waals surface area contributed by atoms with Gasteiger partial charge in [-0.2, -0.15) is 0 Å². The van der Waals surface area contributed by atoms with E-state index in [2.05, 4.69) is 85.8 Å². The van der Waals surface area contributed by atoms with Crippen LogP contribution >= 0.6 is 0 Å². The molecule has 5 aromatic carbocycles. The van der Waals surface area contributed by atoms with Crippen molar-refractivity contribution >= 4 is 43.1 Å². The molecule has 5 aromatic rings. The normalized spacial score (nSPS) is 11.7. The molecule has 0 aromatic heterocycles. The molecule has 108 valence electrons. The van der Waals surface area contributed by atoms with Gasteiger partial charge < -0.3 is 0 Å². The maximum Gasteiger partial charge on any atom is -0.00964 e. The largest absolute Gasteiger partial charge is 0.0616 e. The highest BCUT2D eigenvalue weighted by Gasteiger charge is 2.07. The summed E-state index contributed by atoms with van der Waals surface area (Å²) in [5.41, 5.74) is 1.34. The molecular weight excluding hydrogens is 276 g/mol. The first-order valence-electron chi connectivity index (χ1n) is 8.05. The minimum atomic E-state index is 1.30.